The van der Waals surface area contributed by atoms with Crippen molar-refractivity contribution >= 4 is 28.5 Å². The maximum Gasteiger partial charge on any atom is 0.319 e. The number of hydrogen-bond acceptors (Lipinski definition) is 3. The second kappa shape index (κ2) is 6.69. The molecule has 2 rings (SSSR count). The standard InChI is InChI=1S/C15H17N3O3/c1-2-11(8-14(19)20)17-15(21)18-13-5-3-4-10-9-16-7-6-12(10)13/h3-7,9,11H,2,8H2,1H3,(H,19,20)(H2,17,18,21). The lowest BCUT2D eigenvalue weighted by molar-refractivity contribution is -0.137. The summed E-state index contributed by atoms with van der Waals surface area (Å²) < 4.78 is 0. The largest absolute Gasteiger partial charge is 0.481 e. The molecule has 2 amide bonds. The summed E-state index contributed by atoms with van der Waals surface area (Å²) in [5.41, 5.74) is 0.664. The van der Waals surface area contributed by atoms with Crippen LogP contribution in [0, 0.1) is 0 Å². The van der Waals surface area contributed by atoms with Crippen molar-refractivity contribution in [2.75, 3.05) is 5.32 Å². The van der Waals surface area contributed by atoms with E-state index in [0.29, 0.717) is 12.1 Å². The molecule has 0 aliphatic heterocycles. The Morgan fingerprint density at radius 2 is 2.14 bits per heavy atom. The van der Waals surface area contributed by atoms with Gasteiger partial charge in [-0.05, 0) is 18.6 Å². The molecule has 1 atom stereocenters. The minimum Gasteiger partial charge on any atom is -0.481 e. The highest BCUT2D eigenvalue weighted by molar-refractivity contribution is 6.01. The van der Waals surface area contributed by atoms with Gasteiger partial charge in [-0.25, -0.2) is 4.79 Å². The summed E-state index contributed by atoms with van der Waals surface area (Å²) in [6, 6.07) is 6.55. The van der Waals surface area contributed by atoms with E-state index in [9.17, 15) is 9.59 Å². The number of pyridine rings is 1. The van der Waals surface area contributed by atoms with Crippen LogP contribution in [-0.2, 0) is 4.79 Å². The lowest BCUT2D eigenvalue weighted by Crippen LogP contribution is -2.38. The Morgan fingerprint density at radius 1 is 1.33 bits per heavy atom. The lowest BCUT2D eigenvalue weighted by atomic mass is 10.1. The van der Waals surface area contributed by atoms with Crippen molar-refractivity contribution in [3.05, 3.63) is 36.7 Å². The van der Waals surface area contributed by atoms with Gasteiger partial charge in [0.05, 0.1) is 12.1 Å². The summed E-state index contributed by atoms with van der Waals surface area (Å²) in [5.74, 6) is -0.932. The third kappa shape index (κ3) is 3.92. The number of anilines is 1. The quantitative estimate of drug-likeness (QED) is 0.788. The molecule has 1 aromatic carbocycles. The fraction of sp³-hybridized carbons (Fsp3) is 0.267. The third-order valence-electron chi connectivity index (χ3n) is 3.18. The zero-order valence-corrected chi connectivity index (χ0v) is 11.7. The maximum atomic E-state index is 12.0. The van der Waals surface area contributed by atoms with Crippen molar-refractivity contribution in [2.24, 2.45) is 0 Å². The minimum atomic E-state index is -0.932. The molecule has 1 heterocycles. The molecule has 3 N–H and O–H groups in total. The monoisotopic (exact) mass is 287 g/mol. The van der Waals surface area contributed by atoms with Gasteiger partial charge in [0.1, 0.15) is 0 Å². The molecule has 0 aliphatic carbocycles. The van der Waals surface area contributed by atoms with Crippen LogP contribution in [-0.4, -0.2) is 28.1 Å². The molecule has 0 spiro atoms. The summed E-state index contributed by atoms with van der Waals surface area (Å²) in [7, 11) is 0. The highest BCUT2D eigenvalue weighted by Gasteiger charge is 2.14. The predicted octanol–water partition coefficient (Wildman–Crippen LogP) is 2.61. The van der Waals surface area contributed by atoms with Crippen molar-refractivity contribution in [1.29, 1.82) is 0 Å². The number of rotatable bonds is 5. The van der Waals surface area contributed by atoms with E-state index in [4.69, 9.17) is 5.11 Å². The molecule has 21 heavy (non-hydrogen) atoms. The lowest BCUT2D eigenvalue weighted by Gasteiger charge is -2.16. The second-order valence-electron chi connectivity index (χ2n) is 4.70. The van der Waals surface area contributed by atoms with E-state index in [0.717, 1.165) is 10.8 Å². The van der Waals surface area contributed by atoms with Gasteiger partial charge in [0, 0.05) is 29.2 Å². The summed E-state index contributed by atoms with van der Waals surface area (Å²) in [5, 5.41) is 16.0. The molecule has 0 saturated heterocycles. The van der Waals surface area contributed by atoms with E-state index in [2.05, 4.69) is 15.6 Å². The minimum absolute atomic E-state index is 0.0939. The van der Waals surface area contributed by atoms with E-state index in [1.54, 1.807) is 18.5 Å². The molecule has 110 valence electrons. The average Bonchev–Trinajstić information content (AvgIpc) is 2.46. The van der Waals surface area contributed by atoms with Crippen molar-refractivity contribution in [3.8, 4) is 0 Å². The van der Waals surface area contributed by atoms with Gasteiger partial charge < -0.3 is 15.7 Å². The molecule has 0 aliphatic rings. The fourth-order valence-electron chi connectivity index (χ4n) is 2.08. The number of carboxylic acids is 1. The highest BCUT2D eigenvalue weighted by Crippen LogP contribution is 2.21. The summed E-state index contributed by atoms with van der Waals surface area (Å²) in [6.07, 6.45) is 3.84. The van der Waals surface area contributed by atoms with Gasteiger partial charge in [-0.1, -0.05) is 19.1 Å². The Hall–Kier alpha value is -2.63. The van der Waals surface area contributed by atoms with Crippen LogP contribution >= 0.6 is 0 Å². The van der Waals surface area contributed by atoms with Crippen molar-refractivity contribution < 1.29 is 14.7 Å². The molecule has 1 aromatic heterocycles. The molecule has 0 bridgehead atoms. The van der Waals surface area contributed by atoms with Gasteiger partial charge in [0.2, 0.25) is 0 Å². The summed E-state index contributed by atoms with van der Waals surface area (Å²) in [6.45, 7) is 1.83. The number of hydrogen-bond donors (Lipinski definition) is 3. The molecule has 1 unspecified atom stereocenters. The molecular formula is C15H17N3O3. The van der Waals surface area contributed by atoms with E-state index in [-0.39, 0.29) is 12.5 Å². The first-order chi connectivity index (χ1) is 10.1. The number of nitrogens with one attached hydrogen (secondary N) is 2. The van der Waals surface area contributed by atoms with Gasteiger partial charge in [-0.3, -0.25) is 9.78 Å². The van der Waals surface area contributed by atoms with E-state index in [1.165, 1.54) is 0 Å². The maximum absolute atomic E-state index is 12.0. The number of urea groups is 1. The van der Waals surface area contributed by atoms with Crippen molar-refractivity contribution in [3.63, 3.8) is 0 Å². The van der Waals surface area contributed by atoms with Gasteiger partial charge >= 0.3 is 12.0 Å². The van der Waals surface area contributed by atoms with E-state index in [1.807, 2.05) is 25.1 Å². The van der Waals surface area contributed by atoms with E-state index >= 15 is 0 Å². The van der Waals surface area contributed by atoms with Gasteiger partial charge in [0.25, 0.3) is 0 Å². The van der Waals surface area contributed by atoms with Crippen molar-refractivity contribution in [1.82, 2.24) is 10.3 Å². The number of amides is 2. The number of aromatic nitrogens is 1. The number of aliphatic carboxylic acids is 1. The normalized spacial score (nSPS) is 11.9. The van der Waals surface area contributed by atoms with Gasteiger partial charge in [-0.2, -0.15) is 0 Å². The summed E-state index contributed by atoms with van der Waals surface area (Å²) in [4.78, 5) is 26.7. The molecule has 6 heteroatoms. The molecule has 2 aromatic rings. The Bertz CT molecular complexity index is 652. The van der Waals surface area contributed by atoms with Crippen LogP contribution in [0.2, 0.25) is 0 Å². The second-order valence-corrected chi connectivity index (χ2v) is 4.70. The Kier molecular flexibility index (Phi) is 4.71. The SMILES string of the molecule is CCC(CC(=O)O)NC(=O)Nc1cccc2cnccc12. The zero-order chi connectivity index (χ0) is 15.2. The number of carbonyl (C=O) groups is 2. The first-order valence-corrected chi connectivity index (χ1v) is 6.72. The molecule has 0 saturated carbocycles. The topological polar surface area (TPSA) is 91.3 Å². The average molecular weight is 287 g/mol. The third-order valence-corrected chi connectivity index (χ3v) is 3.18. The van der Waals surface area contributed by atoms with Crippen LogP contribution < -0.4 is 10.6 Å². The van der Waals surface area contributed by atoms with Gasteiger partial charge in [-0.15, -0.1) is 0 Å². The zero-order valence-electron chi connectivity index (χ0n) is 11.7. The Labute approximate surface area is 122 Å². The molecule has 0 fully saturated rings. The van der Waals surface area contributed by atoms with Crippen LogP contribution in [0.15, 0.2) is 36.7 Å². The number of carbonyl (C=O) groups excluding carboxylic acids is 1. The molecule has 0 radical (unpaired) electrons. The smallest absolute Gasteiger partial charge is 0.319 e. The number of nitrogens with zero attached hydrogens (tertiary/aromatic N) is 1. The van der Waals surface area contributed by atoms with Crippen LogP contribution in [0.4, 0.5) is 10.5 Å². The van der Waals surface area contributed by atoms with E-state index < -0.39 is 12.0 Å². The summed E-state index contributed by atoms with van der Waals surface area (Å²) >= 11 is 0. The molecule has 6 nitrogen and oxygen atoms in total. The van der Waals surface area contributed by atoms with Crippen molar-refractivity contribution in [2.45, 2.75) is 25.8 Å². The fourth-order valence-corrected chi connectivity index (χ4v) is 2.08. The van der Waals surface area contributed by atoms with Crippen LogP contribution in [0.5, 0.6) is 0 Å². The van der Waals surface area contributed by atoms with Crippen LogP contribution in [0.25, 0.3) is 10.8 Å². The molecular weight excluding hydrogens is 270 g/mol. The Balaban J connectivity index is 2.09. The van der Waals surface area contributed by atoms with Gasteiger partial charge in [0.15, 0.2) is 0 Å². The van der Waals surface area contributed by atoms with Crippen LogP contribution in [0.3, 0.4) is 0 Å². The highest BCUT2D eigenvalue weighted by atomic mass is 16.4. The van der Waals surface area contributed by atoms with Crippen LogP contribution in [0.1, 0.15) is 19.8 Å². The Morgan fingerprint density at radius 3 is 2.86 bits per heavy atom. The predicted molar refractivity (Wildman–Crippen MR) is 80.2 cm³/mol. The first-order valence-electron chi connectivity index (χ1n) is 6.72. The number of benzene rings is 1. The number of carboxylic acid groups (broad SMARTS) is 1. The number of fused-ring (bicyclic) bond motifs is 1. The first kappa shape index (κ1) is 14.8.